The number of nitrogens with zero attached hydrogens (tertiary/aromatic N) is 2. The van der Waals surface area contributed by atoms with Gasteiger partial charge in [0.1, 0.15) is 17.8 Å². The summed E-state index contributed by atoms with van der Waals surface area (Å²) in [5, 5.41) is 17.4. The molecular weight excluding hydrogens is 396 g/mol. The molecule has 160 valence electrons. The standard InChI is InChI=1S/C19H29ClN6O3/c1-10(2)7-14(26-19(29)16(23-4)15(20)11(3)22)18(28)25-13(9-21)8-12-5-6-24-17(12)27/h10,12-14H,5-8,22H2,1-4H3,(H,24,27)(H,25,28)(H,26,29)/t12-,13-,14-/m0/s1. The summed E-state index contributed by atoms with van der Waals surface area (Å²) < 4.78 is 0. The summed E-state index contributed by atoms with van der Waals surface area (Å²) >= 11 is 6.04. The average Bonchev–Trinajstić information content (AvgIpc) is 3.05. The van der Waals surface area contributed by atoms with E-state index in [0.717, 1.165) is 0 Å². The molecule has 1 aliphatic rings. The Morgan fingerprint density at radius 2 is 2.07 bits per heavy atom. The van der Waals surface area contributed by atoms with Crippen LogP contribution in [0, 0.1) is 23.2 Å². The molecule has 1 fully saturated rings. The van der Waals surface area contributed by atoms with Gasteiger partial charge in [-0.2, -0.15) is 5.26 Å². The highest BCUT2D eigenvalue weighted by Crippen LogP contribution is 2.16. The third-order valence-electron chi connectivity index (χ3n) is 4.48. The first-order valence-corrected chi connectivity index (χ1v) is 9.86. The lowest BCUT2D eigenvalue weighted by atomic mass is 9.98. The second-order valence-corrected chi connectivity index (χ2v) is 7.81. The zero-order valence-electron chi connectivity index (χ0n) is 17.2. The zero-order valence-corrected chi connectivity index (χ0v) is 18.0. The van der Waals surface area contributed by atoms with Gasteiger partial charge in [-0.25, -0.2) is 0 Å². The number of rotatable bonds is 9. The number of allylic oxidation sites excluding steroid dienone is 1. The Balaban J connectivity index is 2.89. The molecule has 0 bridgehead atoms. The van der Waals surface area contributed by atoms with E-state index in [1.807, 2.05) is 19.9 Å². The first-order chi connectivity index (χ1) is 13.6. The summed E-state index contributed by atoms with van der Waals surface area (Å²) in [6, 6.07) is 0.286. The maximum atomic E-state index is 12.8. The van der Waals surface area contributed by atoms with Gasteiger partial charge >= 0.3 is 0 Å². The second kappa shape index (κ2) is 11.4. The fourth-order valence-corrected chi connectivity index (χ4v) is 3.16. The molecule has 1 saturated heterocycles. The van der Waals surface area contributed by atoms with E-state index >= 15 is 0 Å². The Labute approximate surface area is 176 Å². The number of halogens is 1. The van der Waals surface area contributed by atoms with Crippen molar-refractivity contribution in [3.05, 3.63) is 10.7 Å². The highest BCUT2D eigenvalue weighted by Gasteiger charge is 2.30. The number of nitrogens with two attached hydrogens (primary N) is 1. The first kappa shape index (κ1) is 24.4. The van der Waals surface area contributed by atoms with E-state index in [-0.39, 0.29) is 40.6 Å². The van der Waals surface area contributed by atoms with Gasteiger partial charge in [-0.15, -0.1) is 0 Å². The van der Waals surface area contributed by atoms with Crippen molar-refractivity contribution in [2.75, 3.05) is 13.6 Å². The minimum absolute atomic E-state index is 0.0100. The monoisotopic (exact) mass is 424 g/mol. The summed E-state index contributed by atoms with van der Waals surface area (Å²) in [6.45, 7) is 5.91. The summed E-state index contributed by atoms with van der Waals surface area (Å²) in [6.07, 6.45) is 1.19. The van der Waals surface area contributed by atoms with Crippen LogP contribution >= 0.6 is 11.6 Å². The van der Waals surface area contributed by atoms with Gasteiger partial charge in [0.2, 0.25) is 11.8 Å². The molecule has 0 aliphatic carbocycles. The Morgan fingerprint density at radius 1 is 1.41 bits per heavy atom. The van der Waals surface area contributed by atoms with Crippen LogP contribution in [0.3, 0.4) is 0 Å². The Kier molecular flexibility index (Phi) is 9.62. The van der Waals surface area contributed by atoms with Crippen molar-refractivity contribution in [1.29, 1.82) is 5.26 Å². The lowest BCUT2D eigenvalue weighted by molar-refractivity contribution is -0.127. The number of hydrogen-bond donors (Lipinski definition) is 4. The topological polar surface area (TPSA) is 149 Å². The van der Waals surface area contributed by atoms with Crippen LogP contribution < -0.4 is 21.7 Å². The second-order valence-electron chi connectivity index (χ2n) is 7.43. The summed E-state index contributed by atoms with van der Waals surface area (Å²) in [7, 11) is 1.40. The van der Waals surface area contributed by atoms with Crippen molar-refractivity contribution < 1.29 is 14.4 Å². The number of carbonyl (C=O) groups is 3. The van der Waals surface area contributed by atoms with Gasteiger partial charge in [0.05, 0.1) is 11.1 Å². The number of nitrogens with one attached hydrogen (secondary N) is 3. The predicted octanol–water partition coefficient (Wildman–Crippen LogP) is 0.552. The van der Waals surface area contributed by atoms with E-state index < -0.39 is 23.9 Å². The Morgan fingerprint density at radius 3 is 2.52 bits per heavy atom. The van der Waals surface area contributed by atoms with Gasteiger partial charge in [-0.05, 0) is 32.1 Å². The average molecular weight is 425 g/mol. The third-order valence-corrected chi connectivity index (χ3v) is 4.95. The van der Waals surface area contributed by atoms with Crippen molar-refractivity contribution in [2.45, 2.75) is 52.1 Å². The smallest absolute Gasteiger partial charge is 0.271 e. The molecule has 1 aliphatic heterocycles. The van der Waals surface area contributed by atoms with E-state index in [1.54, 1.807) is 0 Å². The van der Waals surface area contributed by atoms with Crippen molar-refractivity contribution in [3.8, 4) is 6.07 Å². The van der Waals surface area contributed by atoms with Gasteiger partial charge in [-0.1, -0.05) is 25.4 Å². The van der Waals surface area contributed by atoms with E-state index in [2.05, 4.69) is 20.9 Å². The lowest BCUT2D eigenvalue weighted by Crippen LogP contribution is -2.51. The summed E-state index contributed by atoms with van der Waals surface area (Å²) in [5.41, 5.74) is 5.79. The van der Waals surface area contributed by atoms with Crippen molar-refractivity contribution in [1.82, 2.24) is 16.0 Å². The van der Waals surface area contributed by atoms with Crippen LogP contribution in [0.15, 0.2) is 15.7 Å². The molecule has 1 rings (SSSR count). The largest absolute Gasteiger partial charge is 0.401 e. The molecule has 0 aromatic rings. The van der Waals surface area contributed by atoms with Crippen LogP contribution in [0.2, 0.25) is 0 Å². The predicted molar refractivity (Wildman–Crippen MR) is 111 cm³/mol. The molecule has 0 saturated carbocycles. The number of carbonyl (C=O) groups excluding carboxylic acids is 3. The van der Waals surface area contributed by atoms with Gasteiger partial charge in [0.25, 0.3) is 5.91 Å². The van der Waals surface area contributed by atoms with Crippen molar-refractivity contribution >= 4 is 35.0 Å². The van der Waals surface area contributed by atoms with Crippen LogP contribution in [0.25, 0.3) is 0 Å². The molecule has 0 radical (unpaired) electrons. The minimum atomic E-state index is -0.893. The molecule has 1 heterocycles. The maximum Gasteiger partial charge on any atom is 0.271 e. The third kappa shape index (κ3) is 7.38. The fraction of sp³-hybridized carbons (Fsp3) is 0.632. The van der Waals surface area contributed by atoms with Crippen LogP contribution in [-0.4, -0.2) is 49.1 Å². The summed E-state index contributed by atoms with van der Waals surface area (Å²) in [5.74, 6) is -1.47. The highest BCUT2D eigenvalue weighted by molar-refractivity contribution is 6.59. The minimum Gasteiger partial charge on any atom is -0.401 e. The van der Waals surface area contributed by atoms with Gasteiger partial charge < -0.3 is 21.7 Å². The molecular formula is C19H29ClN6O3. The Hall–Kier alpha value is -2.60. The Bertz CT molecular complexity index is 737. The van der Waals surface area contributed by atoms with Crippen LogP contribution in [-0.2, 0) is 14.4 Å². The van der Waals surface area contributed by atoms with Gasteiger partial charge in [0.15, 0.2) is 0 Å². The number of hydrogen-bond acceptors (Lipinski definition) is 6. The first-order valence-electron chi connectivity index (χ1n) is 9.48. The van der Waals surface area contributed by atoms with Crippen LogP contribution in [0.5, 0.6) is 0 Å². The maximum absolute atomic E-state index is 12.8. The molecule has 0 spiro atoms. The molecule has 29 heavy (non-hydrogen) atoms. The fourth-order valence-electron chi connectivity index (χ4n) is 2.99. The van der Waals surface area contributed by atoms with E-state index in [4.69, 9.17) is 17.3 Å². The molecule has 3 amide bonds. The van der Waals surface area contributed by atoms with Crippen LogP contribution in [0.1, 0.15) is 40.0 Å². The number of amides is 3. The molecule has 10 heteroatoms. The lowest BCUT2D eigenvalue weighted by Gasteiger charge is -2.23. The van der Waals surface area contributed by atoms with E-state index in [1.165, 1.54) is 14.0 Å². The molecule has 0 aromatic carbocycles. The van der Waals surface area contributed by atoms with Crippen molar-refractivity contribution in [2.24, 2.45) is 22.6 Å². The quantitative estimate of drug-likeness (QED) is 0.398. The zero-order chi connectivity index (χ0) is 22.1. The molecule has 9 nitrogen and oxygen atoms in total. The van der Waals surface area contributed by atoms with Crippen molar-refractivity contribution in [3.63, 3.8) is 0 Å². The molecule has 3 atom stereocenters. The SMILES string of the molecule is CN=C(C(=O)N[C@@H](CC(C)C)C(=O)N[C@H](C#N)C[C@@H]1CCNC1=O)C(Cl)=C(C)N. The molecule has 0 aromatic heterocycles. The number of nitriles is 1. The normalized spacial score (nSPS) is 19.7. The highest BCUT2D eigenvalue weighted by atomic mass is 35.5. The van der Waals surface area contributed by atoms with Gasteiger partial charge in [0, 0.05) is 25.2 Å². The molecule has 5 N–H and O–H groups in total. The summed E-state index contributed by atoms with van der Waals surface area (Å²) in [4.78, 5) is 40.9. The number of aliphatic imine (C=N–C) groups is 1. The van der Waals surface area contributed by atoms with E-state index in [9.17, 15) is 19.6 Å². The van der Waals surface area contributed by atoms with Crippen LogP contribution in [0.4, 0.5) is 0 Å². The van der Waals surface area contributed by atoms with Gasteiger partial charge in [-0.3, -0.25) is 19.4 Å². The van der Waals surface area contributed by atoms with E-state index in [0.29, 0.717) is 19.4 Å². The molecule has 0 unspecified atom stereocenters.